The Balaban J connectivity index is 2.18. The minimum absolute atomic E-state index is 0.894. The Morgan fingerprint density at radius 2 is 2.00 bits per heavy atom. The molecule has 3 aromatic rings. The summed E-state index contributed by atoms with van der Waals surface area (Å²) < 4.78 is 1.21. The molecule has 0 saturated carbocycles. The maximum atomic E-state index is 4.55. The van der Waals surface area contributed by atoms with Gasteiger partial charge in [-0.25, -0.2) is 4.98 Å². The number of aromatic nitrogens is 3. The predicted octanol–water partition coefficient (Wildman–Crippen LogP) is 3.47. The van der Waals surface area contributed by atoms with Crippen LogP contribution < -0.4 is 0 Å². The molecule has 2 aromatic heterocycles. The van der Waals surface area contributed by atoms with E-state index in [4.69, 9.17) is 0 Å². The van der Waals surface area contributed by atoms with E-state index in [2.05, 4.69) is 49.7 Å². The molecule has 16 heavy (non-hydrogen) atoms. The van der Waals surface area contributed by atoms with Gasteiger partial charge in [0.05, 0.1) is 16.7 Å². The average Bonchev–Trinajstić information content (AvgIpc) is 2.83. The van der Waals surface area contributed by atoms with Crippen molar-refractivity contribution in [3.8, 4) is 11.5 Å². The Morgan fingerprint density at radius 1 is 1.12 bits per heavy atom. The number of H-pyrrole nitrogens is 2. The summed E-state index contributed by atoms with van der Waals surface area (Å²) in [5.41, 5.74) is 4.26. The van der Waals surface area contributed by atoms with Crippen molar-refractivity contribution in [3.05, 3.63) is 39.6 Å². The molecule has 0 aliphatic heterocycles. The van der Waals surface area contributed by atoms with Crippen LogP contribution in [-0.2, 0) is 0 Å². The summed E-state index contributed by atoms with van der Waals surface area (Å²) in [6.45, 7) is 2.04. The second kappa shape index (κ2) is 3.62. The number of nitrogens with one attached hydrogen (secondary N) is 2. The van der Waals surface area contributed by atoms with Crippen LogP contribution in [0, 0.1) is 10.5 Å². The Kier molecular flexibility index (Phi) is 2.24. The van der Waals surface area contributed by atoms with Crippen LogP contribution in [0.15, 0.2) is 30.3 Å². The van der Waals surface area contributed by atoms with Crippen molar-refractivity contribution in [3.63, 3.8) is 0 Å². The van der Waals surface area contributed by atoms with Gasteiger partial charge in [0.15, 0.2) is 5.82 Å². The molecule has 0 spiro atoms. The Bertz CT molecular complexity index is 651. The molecule has 80 valence electrons. The number of fused-ring (bicyclic) bond motifs is 1. The number of hydrogen-bond donors (Lipinski definition) is 2. The van der Waals surface area contributed by atoms with Gasteiger partial charge in [0, 0.05) is 9.26 Å². The summed E-state index contributed by atoms with van der Waals surface area (Å²) in [6.07, 6.45) is 0. The van der Waals surface area contributed by atoms with Crippen LogP contribution in [0.3, 0.4) is 0 Å². The fraction of sp³-hybridized carbons (Fsp3) is 0.0833. The number of halogens is 1. The normalized spacial score (nSPS) is 11.1. The van der Waals surface area contributed by atoms with E-state index in [0.717, 1.165) is 28.2 Å². The fourth-order valence-electron chi connectivity index (χ4n) is 1.75. The molecular weight excluding hydrogens is 313 g/mol. The van der Waals surface area contributed by atoms with Gasteiger partial charge in [-0.3, -0.25) is 0 Å². The van der Waals surface area contributed by atoms with Gasteiger partial charge < -0.3 is 9.97 Å². The number of imidazole rings is 1. The van der Waals surface area contributed by atoms with E-state index in [0.29, 0.717) is 0 Å². The van der Waals surface area contributed by atoms with Gasteiger partial charge in [-0.15, -0.1) is 0 Å². The van der Waals surface area contributed by atoms with Gasteiger partial charge in [0.2, 0.25) is 0 Å². The van der Waals surface area contributed by atoms with Crippen molar-refractivity contribution in [2.45, 2.75) is 6.92 Å². The monoisotopic (exact) mass is 323 g/mol. The highest BCUT2D eigenvalue weighted by atomic mass is 127. The molecule has 0 atom stereocenters. The van der Waals surface area contributed by atoms with Gasteiger partial charge in [-0.2, -0.15) is 0 Å². The molecule has 0 aliphatic rings. The number of benzene rings is 1. The standard InChI is InChI=1S/C12H10IN3/c1-7-2-4-10(14-7)12-15-9-5-3-8(13)6-11(9)16-12/h2-6,14H,1H3,(H,15,16). The van der Waals surface area contributed by atoms with E-state index in [1.165, 1.54) is 3.57 Å². The van der Waals surface area contributed by atoms with Crippen LogP contribution in [0.5, 0.6) is 0 Å². The SMILES string of the molecule is Cc1ccc(-c2nc3ccc(I)cc3[nH]2)[nH]1. The summed E-state index contributed by atoms with van der Waals surface area (Å²) in [6, 6.07) is 10.3. The summed E-state index contributed by atoms with van der Waals surface area (Å²) in [4.78, 5) is 11.1. The lowest BCUT2D eigenvalue weighted by atomic mass is 10.3. The number of hydrogen-bond acceptors (Lipinski definition) is 1. The quantitative estimate of drug-likeness (QED) is 0.662. The molecule has 1 aromatic carbocycles. The fourth-order valence-corrected chi connectivity index (χ4v) is 2.24. The van der Waals surface area contributed by atoms with Gasteiger partial charge in [0.1, 0.15) is 0 Å². The van der Waals surface area contributed by atoms with Crippen LogP contribution in [-0.4, -0.2) is 15.0 Å². The highest BCUT2D eigenvalue weighted by Crippen LogP contribution is 2.21. The van der Waals surface area contributed by atoms with Crippen molar-refractivity contribution in [2.75, 3.05) is 0 Å². The van der Waals surface area contributed by atoms with Crippen LogP contribution in [0.4, 0.5) is 0 Å². The van der Waals surface area contributed by atoms with Crippen molar-refractivity contribution in [1.29, 1.82) is 0 Å². The Hall–Kier alpha value is -1.30. The summed E-state index contributed by atoms with van der Waals surface area (Å²) in [5, 5.41) is 0. The molecule has 0 unspecified atom stereocenters. The largest absolute Gasteiger partial charge is 0.356 e. The molecule has 4 heteroatoms. The zero-order valence-electron chi connectivity index (χ0n) is 8.71. The first kappa shape index (κ1) is 9.89. The molecular formula is C12H10IN3. The summed E-state index contributed by atoms with van der Waals surface area (Å²) in [7, 11) is 0. The van der Waals surface area contributed by atoms with E-state index in [1.54, 1.807) is 0 Å². The maximum absolute atomic E-state index is 4.55. The highest BCUT2D eigenvalue weighted by molar-refractivity contribution is 14.1. The maximum Gasteiger partial charge on any atom is 0.154 e. The van der Waals surface area contributed by atoms with Crippen LogP contribution in [0.25, 0.3) is 22.6 Å². The topological polar surface area (TPSA) is 44.5 Å². The molecule has 0 aliphatic carbocycles. The predicted molar refractivity (Wildman–Crippen MR) is 73.3 cm³/mol. The van der Waals surface area contributed by atoms with Crippen molar-refractivity contribution in [1.82, 2.24) is 15.0 Å². The smallest absolute Gasteiger partial charge is 0.154 e. The molecule has 0 saturated heterocycles. The van der Waals surface area contributed by atoms with E-state index in [9.17, 15) is 0 Å². The lowest BCUT2D eigenvalue weighted by Gasteiger charge is -1.89. The Morgan fingerprint density at radius 3 is 2.75 bits per heavy atom. The summed E-state index contributed by atoms with van der Waals surface area (Å²) in [5.74, 6) is 0.894. The third-order valence-corrected chi connectivity index (χ3v) is 3.20. The van der Waals surface area contributed by atoms with E-state index >= 15 is 0 Å². The van der Waals surface area contributed by atoms with Crippen LogP contribution in [0.2, 0.25) is 0 Å². The van der Waals surface area contributed by atoms with Gasteiger partial charge >= 0.3 is 0 Å². The second-order valence-corrected chi connectivity index (χ2v) is 5.05. The molecule has 0 amide bonds. The first-order chi connectivity index (χ1) is 7.72. The van der Waals surface area contributed by atoms with Crippen molar-refractivity contribution in [2.24, 2.45) is 0 Å². The second-order valence-electron chi connectivity index (χ2n) is 3.80. The van der Waals surface area contributed by atoms with Crippen LogP contribution in [0.1, 0.15) is 5.69 Å². The minimum atomic E-state index is 0.894. The molecule has 2 heterocycles. The van der Waals surface area contributed by atoms with Crippen molar-refractivity contribution < 1.29 is 0 Å². The van der Waals surface area contributed by atoms with E-state index in [1.807, 2.05) is 25.1 Å². The minimum Gasteiger partial charge on any atom is -0.356 e. The number of rotatable bonds is 1. The highest BCUT2D eigenvalue weighted by Gasteiger charge is 2.06. The lowest BCUT2D eigenvalue weighted by Crippen LogP contribution is -1.79. The van der Waals surface area contributed by atoms with Gasteiger partial charge in [-0.05, 0) is 59.8 Å². The zero-order valence-corrected chi connectivity index (χ0v) is 10.9. The van der Waals surface area contributed by atoms with E-state index in [-0.39, 0.29) is 0 Å². The number of nitrogens with zero attached hydrogens (tertiary/aromatic N) is 1. The van der Waals surface area contributed by atoms with Gasteiger partial charge in [0.25, 0.3) is 0 Å². The average molecular weight is 323 g/mol. The molecule has 0 bridgehead atoms. The molecule has 2 N–H and O–H groups in total. The van der Waals surface area contributed by atoms with Gasteiger partial charge in [-0.1, -0.05) is 0 Å². The first-order valence-electron chi connectivity index (χ1n) is 5.03. The number of aryl methyl sites for hydroxylation is 1. The van der Waals surface area contributed by atoms with Crippen LogP contribution >= 0.6 is 22.6 Å². The van der Waals surface area contributed by atoms with Crippen molar-refractivity contribution >= 4 is 33.6 Å². The number of aromatic amines is 2. The van der Waals surface area contributed by atoms with E-state index < -0.39 is 0 Å². The molecule has 3 nitrogen and oxygen atoms in total. The zero-order chi connectivity index (χ0) is 11.1. The molecule has 0 fully saturated rings. The summed E-state index contributed by atoms with van der Waals surface area (Å²) >= 11 is 2.30. The lowest BCUT2D eigenvalue weighted by molar-refractivity contribution is 1.22. The molecule has 0 radical (unpaired) electrons. The Labute approximate surface area is 106 Å². The third-order valence-electron chi connectivity index (χ3n) is 2.53. The molecule has 3 rings (SSSR count). The first-order valence-corrected chi connectivity index (χ1v) is 6.11. The third kappa shape index (κ3) is 1.63.